The Kier molecular flexibility index (Phi) is 5.80. The van der Waals surface area contributed by atoms with Crippen LogP contribution >= 0.6 is 0 Å². The van der Waals surface area contributed by atoms with E-state index in [4.69, 9.17) is 4.74 Å². The van der Waals surface area contributed by atoms with Crippen molar-refractivity contribution in [3.05, 3.63) is 89.5 Å². The molecule has 5 nitrogen and oxygen atoms in total. The summed E-state index contributed by atoms with van der Waals surface area (Å²) >= 11 is 0. The van der Waals surface area contributed by atoms with Crippen LogP contribution in [0.3, 0.4) is 0 Å². The predicted octanol–water partition coefficient (Wildman–Crippen LogP) is 5.01. The number of anilines is 2. The Morgan fingerprint density at radius 2 is 1.53 bits per heavy atom. The molecule has 152 valence electrons. The van der Waals surface area contributed by atoms with E-state index in [9.17, 15) is 9.59 Å². The van der Waals surface area contributed by atoms with Crippen LogP contribution in [0.4, 0.5) is 11.4 Å². The molecule has 0 saturated heterocycles. The second-order valence-electron chi connectivity index (χ2n) is 7.39. The Bertz CT molecular complexity index is 1040. The number of aryl methyl sites for hydroxylation is 1. The number of hydrogen-bond donors (Lipinski definition) is 2. The lowest BCUT2D eigenvalue weighted by molar-refractivity contribution is -0.117. The summed E-state index contributed by atoms with van der Waals surface area (Å²) < 4.78 is 5.12. The van der Waals surface area contributed by atoms with Crippen LogP contribution in [0.2, 0.25) is 0 Å². The molecule has 30 heavy (non-hydrogen) atoms. The third kappa shape index (κ3) is 4.35. The summed E-state index contributed by atoms with van der Waals surface area (Å²) in [6.07, 6.45) is 2.89. The molecule has 0 heterocycles. The number of carbonyl (C=O) groups is 2. The molecule has 0 radical (unpaired) electrons. The van der Waals surface area contributed by atoms with Crippen molar-refractivity contribution in [2.45, 2.75) is 25.2 Å². The van der Waals surface area contributed by atoms with Crippen molar-refractivity contribution in [1.29, 1.82) is 0 Å². The second kappa shape index (κ2) is 8.82. The summed E-state index contributed by atoms with van der Waals surface area (Å²) in [7, 11) is 1.60. The average molecular weight is 400 g/mol. The van der Waals surface area contributed by atoms with E-state index in [-0.39, 0.29) is 17.7 Å². The third-order valence-corrected chi connectivity index (χ3v) is 5.45. The zero-order valence-corrected chi connectivity index (χ0v) is 16.9. The Labute approximate surface area is 176 Å². The fraction of sp³-hybridized carbons (Fsp3) is 0.200. The molecule has 0 aliphatic heterocycles. The molecule has 1 aliphatic carbocycles. The van der Waals surface area contributed by atoms with Gasteiger partial charge in [0.05, 0.1) is 13.0 Å². The Morgan fingerprint density at radius 1 is 0.867 bits per heavy atom. The summed E-state index contributed by atoms with van der Waals surface area (Å²) in [6.45, 7) is 0. The van der Waals surface area contributed by atoms with E-state index >= 15 is 0 Å². The molecule has 0 spiro atoms. The molecule has 5 heteroatoms. The quantitative estimate of drug-likeness (QED) is 0.633. The van der Waals surface area contributed by atoms with Crippen LogP contribution in [0.25, 0.3) is 0 Å². The molecule has 0 aromatic heterocycles. The number of hydrogen-bond acceptors (Lipinski definition) is 3. The summed E-state index contributed by atoms with van der Waals surface area (Å²) in [4.78, 5) is 25.3. The first-order chi connectivity index (χ1) is 14.6. The minimum absolute atomic E-state index is 0.00224. The van der Waals surface area contributed by atoms with Gasteiger partial charge in [-0.2, -0.15) is 0 Å². The molecule has 0 saturated carbocycles. The maximum Gasteiger partial charge on any atom is 0.255 e. The molecular weight excluding hydrogens is 376 g/mol. The molecule has 4 rings (SSSR count). The number of fused-ring (bicyclic) bond motifs is 1. The van der Waals surface area contributed by atoms with Crippen LogP contribution in [0.1, 0.15) is 40.2 Å². The zero-order chi connectivity index (χ0) is 20.9. The number of methoxy groups -OCH3 is 1. The first-order valence-corrected chi connectivity index (χ1v) is 10.1. The molecule has 1 atom stereocenters. The van der Waals surface area contributed by atoms with Crippen molar-refractivity contribution in [2.24, 2.45) is 0 Å². The third-order valence-electron chi connectivity index (χ3n) is 5.45. The van der Waals surface area contributed by atoms with E-state index in [0.717, 1.165) is 30.6 Å². The number of rotatable bonds is 5. The Hall–Kier alpha value is -3.60. The highest BCUT2D eigenvalue weighted by Crippen LogP contribution is 2.32. The van der Waals surface area contributed by atoms with Gasteiger partial charge in [0.25, 0.3) is 5.91 Å². The highest BCUT2D eigenvalue weighted by molar-refractivity contribution is 6.04. The minimum Gasteiger partial charge on any atom is -0.497 e. The number of benzene rings is 3. The highest BCUT2D eigenvalue weighted by atomic mass is 16.5. The van der Waals surface area contributed by atoms with Gasteiger partial charge >= 0.3 is 0 Å². The summed E-state index contributed by atoms with van der Waals surface area (Å²) in [5.74, 6) is 0.388. The molecular formula is C25H24N2O3. The lowest BCUT2D eigenvalue weighted by Gasteiger charge is -2.24. The second-order valence-corrected chi connectivity index (χ2v) is 7.39. The average Bonchev–Trinajstić information content (AvgIpc) is 2.79. The number of ether oxygens (including phenoxy) is 1. The Balaban J connectivity index is 1.40. The molecule has 1 aliphatic rings. The largest absolute Gasteiger partial charge is 0.497 e. The standard InChI is InChI=1S/C25H24N2O3/c1-30-21-15-13-20(14-16-21)26-24(28)18-9-11-19(12-10-18)27-25(29)23-8-4-6-17-5-2-3-7-22(17)23/h2-3,5,7,9-16,23H,4,6,8H2,1H3,(H,26,28)(H,27,29). The topological polar surface area (TPSA) is 67.4 Å². The van der Waals surface area contributed by atoms with E-state index in [2.05, 4.69) is 16.7 Å². The Morgan fingerprint density at radius 3 is 2.27 bits per heavy atom. The van der Waals surface area contributed by atoms with Crippen molar-refractivity contribution in [3.63, 3.8) is 0 Å². The van der Waals surface area contributed by atoms with Gasteiger partial charge in [0.1, 0.15) is 5.75 Å². The van der Waals surface area contributed by atoms with Gasteiger partial charge in [-0.15, -0.1) is 0 Å². The van der Waals surface area contributed by atoms with Crippen molar-refractivity contribution in [3.8, 4) is 5.75 Å². The zero-order valence-electron chi connectivity index (χ0n) is 16.9. The van der Waals surface area contributed by atoms with Gasteiger partial charge in [-0.3, -0.25) is 9.59 Å². The van der Waals surface area contributed by atoms with E-state index in [1.54, 1.807) is 55.6 Å². The normalized spacial score (nSPS) is 15.0. The van der Waals surface area contributed by atoms with E-state index in [1.807, 2.05) is 18.2 Å². The van der Waals surface area contributed by atoms with Crippen LogP contribution in [-0.4, -0.2) is 18.9 Å². The molecule has 0 fully saturated rings. The van der Waals surface area contributed by atoms with Crippen LogP contribution in [0.5, 0.6) is 5.75 Å². The molecule has 3 aromatic rings. The maximum atomic E-state index is 12.8. The molecule has 0 bridgehead atoms. The van der Waals surface area contributed by atoms with E-state index < -0.39 is 0 Å². The maximum absolute atomic E-state index is 12.8. The van der Waals surface area contributed by atoms with Crippen LogP contribution in [0.15, 0.2) is 72.8 Å². The van der Waals surface area contributed by atoms with Crippen molar-refractivity contribution in [2.75, 3.05) is 17.7 Å². The fourth-order valence-corrected chi connectivity index (χ4v) is 3.84. The monoisotopic (exact) mass is 400 g/mol. The molecule has 2 amide bonds. The fourth-order valence-electron chi connectivity index (χ4n) is 3.84. The molecule has 2 N–H and O–H groups in total. The first kappa shape index (κ1) is 19.7. The van der Waals surface area contributed by atoms with Gasteiger partial charge in [-0.05, 0) is 78.9 Å². The summed E-state index contributed by atoms with van der Waals surface area (Å²) in [5, 5.41) is 5.85. The lowest BCUT2D eigenvalue weighted by Crippen LogP contribution is -2.24. The van der Waals surface area contributed by atoms with E-state index in [1.165, 1.54) is 5.56 Å². The summed E-state index contributed by atoms with van der Waals surface area (Å²) in [6, 6.07) is 22.2. The SMILES string of the molecule is COc1ccc(NC(=O)c2ccc(NC(=O)C3CCCc4ccccc43)cc2)cc1. The van der Waals surface area contributed by atoms with Crippen molar-refractivity contribution >= 4 is 23.2 Å². The number of carbonyl (C=O) groups excluding carboxylic acids is 2. The molecule has 1 unspecified atom stereocenters. The van der Waals surface area contributed by atoms with Crippen molar-refractivity contribution < 1.29 is 14.3 Å². The van der Waals surface area contributed by atoms with Gasteiger partial charge in [-0.25, -0.2) is 0 Å². The smallest absolute Gasteiger partial charge is 0.255 e. The van der Waals surface area contributed by atoms with Gasteiger partial charge in [0.2, 0.25) is 5.91 Å². The van der Waals surface area contributed by atoms with Crippen LogP contribution in [-0.2, 0) is 11.2 Å². The van der Waals surface area contributed by atoms with Crippen LogP contribution in [0, 0.1) is 0 Å². The van der Waals surface area contributed by atoms with Crippen LogP contribution < -0.4 is 15.4 Å². The lowest BCUT2D eigenvalue weighted by atomic mass is 9.82. The predicted molar refractivity (Wildman–Crippen MR) is 118 cm³/mol. The van der Waals surface area contributed by atoms with Gasteiger partial charge in [0.15, 0.2) is 0 Å². The van der Waals surface area contributed by atoms with Gasteiger partial charge in [-0.1, -0.05) is 24.3 Å². The summed E-state index contributed by atoms with van der Waals surface area (Å²) in [5.41, 5.74) is 4.27. The van der Waals surface area contributed by atoms with E-state index in [0.29, 0.717) is 16.9 Å². The minimum atomic E-state index is -0.209. The number of amides is 2. The first-order valence-electron chi connectivity index (χ1n) is 10.1. The molecule has 3 aromatic carbocycles. The highest BCUT2D eigenvalue weighted by Gasteiger charge is 2.26. The van der Waals surface area contributed by atoms with Gasteiger partial charge < -0.3 is 15.4 Å². The van der Waals surface area contributed by atoms with Crippen molar-refractivity contribution in [1.82, 2.24) is 0 Å². The number of nitrogens with one attached hydrogen (secondary N) is 2. The van der Waals surface area contributed by atoms with Gasteiger partial charge in [0, 0.05) is 16.9 Å².